The summed E-state index contributed by atoms with van der Waals surface area (Å²) in [5.41, 5.74) is 0. The Balaban J connectivity index is 3.84. The predicted molar refractivity (Wildman–Crippen MR) is 62.3 cm³/mol. The molecule has 0 aromatic heterocycles. The quantitative estimate of drug-likeness (QED) is 0.603. The highest BCUT2D eigenvalue weighted by Crippen LogP contribution is 2.24. The zero-order valence-electron chi connectivity index (χ0n) is 10.5. The molecule has 84 valence electrons. The maximum absolute atomic E-state index is 10.9. The maximum atomic E-state index is 10.9. The second kappa shape index (κ2) is 7.03. The van der Waals surface area contributed by atoms with Crippen molar-refractivity contribution in [2.45, 2.75) is 60.3 Å². The van der Waals surface area contributed by atoms with Crippen LogP contribution in [0.1, 0.15) is 60.3 Å². The normalized spacial score (nSPS) is 13.6. The zero-order valence-corrected chi connectivity index (χ0v) is 10.5. The molecule has 0 spiro atoms. The van der Waals surface area contributed by atoms with Crippen molar-refractivity contribution in [3.05, 3.63) is 0 Å². The molecule has 0 rings (SSSR count). The molecular formula is C13H26O. The van der Waals surface area contributed by atoms with E-state index in [-0.39, 0.29) is 0 Å². The van der Waals surface area contributed by atoms with Crippen LogP contribution in [-0.4, -0.2) is 5.78 Å². The van der Waals surface area contributed by atoms with Crippen LogP contribution in [0.25, 0.3) is 0 Å². The SMILES string of the molecule is CC(=O)CC[C@@H](CCC(C)C)C(C)C. The van der Waals surface area contributed by atoms with Crippen molar-refractivity contribution in [3.8, 4) is 0 Å². The van der Waals surface area contributed by atoms with E-state index in [4.69, 9.17) is 0 Å². The first-order valence-corrected chi connectivity index (χ1v) is 5.93. The Morgan fingerprint density at radius 1 is 1.00 bits per heavy atom. The minimum atomic E-state index is 0.334. The fourth-order valence-corrected chi connectivity index (χ4v) is 1.75. The van der Waals surface area contributed by atoms with Crippen LogP contribution < -0.4 is 0 Å². The first-order valence-electron chi connectivity index (χ1n) is 5.93. The molecule has 0 radical (unpaired) electrons. The van der Waals surface area contributed by atoms with Gasteiger partial charge in [0.05, 0.1) is 0 Å². The lowest BCUT2D eigenvalue weighted by atomic mass is 9.85. The Bertz CT molecular complexity index is 159. The molecule has 0 N–H and O–H groups in total. The smallest absolute Gasteiger partial charge is 0.129 e. The Kier molecular flexibility index (Phi) is 6.86. The molecule has 0 saturated carbocycles. The van der Waals surface area contributed by atoms with Gasteiger partial charge in [0.2, 0.25) is 0 Å². The van der Waals surface area contributed by atoms with E-state index in [0.717, 1.165) is 24.7 Å². The van der Waals surface area contributed by atoms with Crippen molar-refractivity contribution in [2.24, 2.45) is 17.8 Å². The highest BCUT2D eigenvalue weighted by atomic mass is 16.1. The van der Waals surface area contributed by atoms with Crippen LogP contribution in [-0.2, 0) is 4.79 Å². The lowest BCUT2D eigenvalue weighted by Gasteiger charge is -2.21. The summed E-state index contributed by atoms with van der Waals surface area (Å²) in [7, 11) is 0. The largest absolute Gasteiger partial charge is 0.300 e. The van der Waals surface area contributed by atoms with Crippen molar-refractivity contribution in [2.75, 3.05) is 0 Å². The molecule has 0 aromatic carbocycles. The summed E-state index contributed by atoms with van der Waals surface area (Å²) in [5.74, 6) is 2.57. The van der Waals surface area contributed by atoms with Crippen molar-refractivity contribution < 1.29 is 4.79 Å². The molecule has 0 unspecified atom stereocenters. The van der Waals surface area contributed by atoms with Crippen LogP contribution >= 0.6 is 0 Å². The van der Waals surface area contributed by atoms with Crippen molar-refractivity contribution in [3.63, 3.8) is 0 Å². The molecule has 14 heavy (non-hydrogen) atoms. The van der Waals surface area contributed by atoms with Gasteiger partial charge in [-0.05, 0) is 37.5 Å². The van der Waals surface area contributed by atoms with Gasteiger partial charge < -0.3 is 4.79 Å². The minimum absolute atomic E-state index is 0.334. The molecule has 0 aliphatic rings. The first kappa shape index (κ1) is 13.7. The standard InChI is InChI=1S/C13H26O/c1-10(2)6-8-13(11(3)4)9-7-12(5)14/h10-11,13H,6-9H2,1-5H3/t13-/m1/s1. The third-order valence-electron chi connectivity index (χ3n) is 2.92. The van der Waals surface area contributed by atoms with E-state index in [1.165, 1.54) is 12.8 Å². The van der Waals surface area contributed by atoms with Crippen LogP contribution in [0.5, 0.6) is 0 Å². The second-order valence-corrected chi connectivity index (χ2v) is 5.22. The monoisotopic (exact) mass is 198 g/mol. The Labute approximate surface area is 89.3 Å². The number of carbonyl (C=O) groups excluding carboxylic acids is 1. The Morgan fingerprint density at radius 2 is 1.57 bits per heavy atom. The Morgan fingerprint density at radius 3 is 1.93 bits per heavy atom. The maximum Gasteiger partial charge on any atom is 0.129 e. The average molecular weight is 198 g/mol. The van der Waals surface area contributed by atoms with Crippen molar-refractivity contribution in [1.82, 2.24) is 0 Å². The fraction of sp³-hybridized carbons (Fsp3) is 0.923. The van der Waals surface area contributed by atoms with Crippen LogP contribution in [0.3, 0.4) is 0 Å². The van der Waals surface area contributed by atoms with Crippen LogP contribution in [0.2, 0.25) is 0 Å². The van der Waals surface area contributed by atoms with Gasteiger partial charge in [0.25, 0.3) is 0 Å². The highest BCUT2D eigenvalue weighted by molar-refractivity contribution is 5.75. The molecule has 1 nitrogen and oxygen atoms in total. The molecule has 0 amide bonds. The summed E-state index contributed by atoms with van der Waals surface area (Å²) < 4.78 is 0. The average Bonchev–Trinajstić information content (AvgIpc) is 2.02. The summed E-state index contributed by atoms with van der Waals surface area (Å²) >= 11 is 0. The first-order chi connectivity index (χ1) is 6.43. The van der Waals surface area contributed by atoms with E-state index in [2.05, 4.69) is 27.7 Å². The topological polar surface area (TPSA) is 17.1 Å². The van der Waals surface area contributed by atoms with Gasteiger partial charge in [0.15, 0.2) is 0 Å². The third kappa shape index (κ3) is 7.11. The highest BCUT2D eigenvalue weighted by Gasteiger charge is 2.14. The van der Waals surface area contributed by atoms with Gasteiger partial charge in [-0.1, -0.05) is 34.1 Å². The van der Waals surface area contributed by atoms with Gasteiger partial charge in [-0.2, -0.15) is 0 Å². The van der Waals surface area contributed by atoms with Crippen LogP contribution in [0.4, 0.5) is 0 Å². The lowest BCUT2D eigenvalue weighted by Crippen LogP contribution is -2.11. The third-order valence-corrected chi connectivity index (χ3v) is 2.92. The van der Waals surface area contributed by atoms with Gasteiger partial charge in [-0.15, -0.1) is 0 Å². The van der Waals surface area contributed by atoms with Gasteiger partial charge in [0, 0.05) is 6.42 Å². The predicted octanol–water partition coefficient (Wildman–Crippen LogP) is 4.06. The molecular weight excluding hydrogens is 172 g/mol. The van der Waals surface area contributed by atoms with Gasteiger partial charge in [-0.3, -0.25) is 0 Å². The molecule has 1 atom stereocenters. The number of rotatable bonds is 7. The summed E-state index contributed by atoms with van der Waals surface area (Å²) in [6.07, 6.45) is 4.42. The number of Topliss-reactive ketones (excluding diaryl/α,β-unsaturated/α-hetero) is 1. The van der Waals surface area contributed by atoms with Gasteiger partial charge in [0.1, 0.15) is 5.78 Å². The minimum Gasteiger partial charge on any atom is -0.300 e. The number of hydrogen-bond acceptors (Lipinski definition) is 1. The van der Waals surface area contributed by atoms with Gasteiger partial charge >= 0.3 is 0 Å². The van der Waals surface area contributed by atoms with Crippen molar-refractivity contribution >= 4 is 5.78 Å². The summed E-state index contributed by atoms with van der Waals surface area (Å²) in [5, 5.41) is 0. The van der Waals surface area contributed by atoms with Crippen molar-refractivity contribution in [1.29, 1.82) is 0 Å². The lowest BCUT2D eigenvalue weighted by molar-refractivity contribution is -0.117. The summed E-state index contributed by atoms with van der Waals surface area (Å²) in [4.78, 5) is 10.9. The van der Waals surface area contributed by atoms with E-state index in [1.807, 2.05) is 0 Å². The van der Waals surface area contributed by atoms with E-state index in [1.54, 1.807) is 6.92 Å². The number of ketones is 1. The fourth-order valence-electron chi connectivity index (χ4n) is 1.75. The number of hydrogen-bond donors (Lipinski definition) is 0. The molecule has 0 fully saturated rings. The summed E-state index contributed by atoms with van der Waals surface area (Å²) in [6.45, 7) is 10.8. The second-order valence-electron chi connectivity index (χ2n) is 5.22. The van der Waals surface area contributed by atoms with Crippen LogP contribution in [0, 0.1) is 17.8 Å². The molecule has 0 heterocycles. The van der Waals surface area contributed by atoms with Crippen LogP contribution in [0.15, 0.2) is 0 Å². The Hall–Kier alpha value is -0.330. The molecule has 0 aromatic rings. The van der Waals surface area contributed by atoms with E-state index in [0.29, 0.717) is 11.7 Å². The zero-order chi connectivity index (χ0) is 11.1. The molecule has 0 bridgehead atoms. The van der Waals surface area contributed by atoms with E-state index >= 15 is 0 Å². The van der Waals surface area contributed by atoms with Gasteiger partial charge in [-0.25, -0.2) is 0 Å². The van der Waals surface area contributed by atoms with E-state index < -0.39 is 0 Å². The summed E-state index contributed by atoms with van der Waals surface area (Å²) in [6, 6.07) is 0. The molecule has 0 aliphatic carbocycles. The molecule has 1 heteroatoms. The van der Waals surface area contributed by atoms with E-state index in [9.17, 15) is 4.79 Å². The number of carbonyl (C=O) groups is 1. The molecule has 0 aliphatic heterocycles. The molecule has 0 saturated heterocycles.